The molecule has 2 heterocycles. The minimum atomic E-state index is 0.269. The van der Waals surface area contributed by atoms with Crippen LogP contribution in [0.2, 0.25) is 0 Å². The van der Waals surface area contributed by atoms with E-state index in [0.29, 0.717) is 12.5 Å². The van der Waals surface area contributed by atoms with Gasteiger partial charge in [0.05, 0.1) is 6.04 Å². The van der Waals surface area contributed by atoms with E-state index in [2.05, 4.69) is 51.4 Å². The van der Waals surface area contributed by atoms with Crippen LogP contribution < -0.4 is 0 Å². The van der Waals surface area contributed by atoms with E-state index in [9.17, 15) is 0 Å². The van der Waals surface area contributed by atoms with Crippen molar-refractivity contribution < 1.29 is 4.74 Å². The summed E-state index contributed by atoms with van der Waals surface area (Å²) in [6.45, 7) is 13.4. The van der Waals surface area contributed by atoms with E-state index in [1.54, 1.807) is 0 Å². The van der Waals surface area contributed by atoms with Crippen molar-refractivity contribution in [3.05, 3.63) is 53.5 Å². The first-order valence-electron chi connectivity index (χ1n) is 8.19. The predicted octanol–water partition coefficient (Wildman–Crippen LogP) is 3.32. The van der Waals surface area contributed by atoms with Gasteiger partial charge in [-0.15, -0.1) is 0 Å². The Labute approximate surface area is 139 Å². The van der Waals surface area contributed by atoms with Crippen LogP contribution in [-0.2, 0) is 11.3 Å². The third-order valence-electron chi connectivity index (χ3n) is 4.45. The quantitative estimate of drug-likeness (QED) is 0.854. The van der Waals surface area contributed by atoms with Crippen molar-refractivity contribution in [2.24, 2.45) is 10.9 Å². The monoisotopic (exact) mass is 311 g/mol. The Morgan fingerprint density at radius 3 is 2.65 bits per heavy atom. The molecular formula is C19H25N3O. The van der Waals surface area contributed by atoms with Gasteiger partial charge in [0.2, 0.25) is 12.6 Å². The van der Waals surface area contributed by atoms with Crippen molar-refractivity contribution in [2.45, 2.75) is 40.3 Å². The summed E-state index contributed by atoms with van der Waals surface area (Å²) in [5, 5.41) is 0. The Morgan fingerprint density at radius 1 is 1.26 bits per heavy atom. The lowest BCUT2D eigenvalue weighted by Crippen LogP contribution is -2.17. The van der Waals surface area contributed by atoms with Gasteiger partial charge < -0.3 is 14.5 Å². The van der Waals surface area contributed by atoms with Gasteiger partial charge in [0.15, 0.2) is 0 Å². The van der Waals surface area contributed by atoms with Crippen LogP contribution >= 0.6 is 0 Å². The Kier molecular flexibility index (Phi) is 4.33. The SMILES string of the molecule is Cc1cc(C)c(C2=N[C@@H](C(C)C)CO2)cc1CN1[C]N(C)C=C1. The smallest absolute Gasteiger partial charge is 0.216 e. The molecule has 2 aliphatic heterocycles. The first kappa shape index (κ1) is 15.9. The summed E-state index contributed by atoms with van der Waals surface area (Å²) in [5.74, 6) is 1.30. The Balaban J connectivity index is 1.85. The Bertz CT molecular complexity index is 648. The van der Waals surface area contributed by atoms with Crippen LogP contribution in [0.1, 0.15) is 36.1 Å². The van der Waals surface area contributed by atoms with Gasteiger partial charge in [-0.2, -0.15) is 0 Å². The molecular weight excluding hydrogens is 286 g/mol. The molecule has 0 saturated heterocycles. The molecule has 4 nitrogen and oxygen atoms in total. The molecule has 2 aliphatic rings. The zero-order chi connectivity index (χ0) is 16.6. The predicted molar refractivity (Wildman–Crippen MR) is 92.7 cm³/mol. The average Bonchev–Trinajstić information content (AvgIpc) is 3.11. The molecule has 0 bridgehead atoms. The number of aryl methyl sites for hydroxylation is 2. The van der Waals surface area contributed by atoms with E-state index >= 15 is 0 Å². The largest absolute Gasteiger partial charge is 0.475 e. The van der Waals surface area contributed by atoms with E-state index in [1.807, 2.05) is 24.3 Å². The average molecular weight is 311 g/mol. The van der Waals surface area contributed by atoms with Crippen LogP contribution in [0, 0.1) is 26.4 Å². The highest BCUT2D eigenvalue weighted by molar-refractivity contribution is 5.96. The summed E-state index contributed by atoms with van der Waals surface area (Å²) >= 11 is 0. The van der Waals surface area contributed by atoms with Gasteiger partial charge >= 0.3 is 0 Å². The second-order valence-corrected chi connectivity index (χ2v) is 6.79. The van der Waals surface area contributed by atoms with Gasteiger partial charge in [0.1, 0.15) is 6.61 Å². The number of benzene rings is 1. The molecule has 4 heteroatoms. The maximum Gasteiger partial charge on any atom is 0.216 e. The lowest BCUT2D eigenvalue weighted by molar-refractivity contribution is 0.291. The van der Waals surface area contributed by atoms with Crippen LogP contribution in [-0.4, -0.2) is 35.4 Å². The van der Waals surface area contributed by atoms with Gasteiger partial charge in [-0.3, -0.25) is 0 Å². The highest BCUT2D eigenvalue weighted by atomic mass is 16.5. The molecule has 1 aromatic carbocycles. The Hall–Kier alpha value is -1.97. The zero-order valence-corrected chi connectivity index (χ0v) is 14.6. The fourth-order valence-electron chi connectivity index (χ4n) is 2.90. The number of nitrogens with zero attached hydrogens (tertiary/aromatic N) is 3. The number of rotatable bonds is 4. The van der Waals surface area contributed by atoms with Gasteiger partial charge in [0, 0.05) is 31.6 Å². The fourth-order valence-corrected chi connectivity index (χ4v) is 2.90. The number of hydrogen-bond acceptors (Lipinski definition) is 4. The standard InChI is InChI=1S/C19H25N3O/c1-13(2)18-11-23-19(20-18)17-9-16(14(3)8-15(17)4)10-22-7-6-21(5)12-22/h6-9,13,18H,10-11H2,1-5H3/t18-/m1/s1. The minimum Gasteiger partial charge on any atom is -0.475 e. The van der Waals surface area contributed by atoms with Crippen LogP contribution in [0.4, 0.5) is 0 Å². The van der Waals surface area contributed by atoms with Crippen molar-refractivity contribution in [3.63, 3.8) is 0 Å². The van der Waals surface area contributed by atoms with Crippen molar-refractivity contribution in [3.8, 4) is 0 Å². The van der Waals surface area contributed by atoms with Crippen molar-refractivity contribution >= 4 is 5.90 Å². The minimum absolute atomic E-state index is 0.269. The topological polar surface area (TPSA) is 28.1 Å². The number of hydrogen-bond donors (Lipinski definition) is 0. The third kappa shape index (κ3) is 3.36. The molecule has 0 aliphatic carbocycles. The normalized spacial score (nSPS) is 20.4. The molecule has 0 N–H and O–H groups in total. The van der Waals surface area contributed by atoms with E-state index in [-0.39, 0.29) is 6.04 Å². The molecule has 0 aromatic heterocycles. The van der Waals surface area contributed by atoms with Gasteiger partial charge in [-0.1, -0.05) is 19.9 Å². The summed E-state index contributed by atoms with van der Waals surface area (Å²) in [5.41, 5.74) is 4.90. The van der Waals surface area contributed by atoms with Gasteiger partial charge in [-0.05, 0) is 42.5 Å². The zero-order valence-electron chi connectivity index (χ0n) is 14.6. The van der Waals surface area contributed by atoms with Gasteiger partial charge in [-0.25, -0.2) is 4.99 Å². The van der Waals surface area contributed by atoms with Crippen molar-refractivity contribution in [1.82, 2.24) is 9.80 Å². The molecule has 3 rings (SSSR count). The highest BCUT2D eigenvalue weighted by Gasteiger charge is 2.24. The first-order valence-corrected chi connectivity index (χ1v) is 8.19. The Morgan fingerprint density at radius 2 is 2.04 bits per heavy atom. The van der Waals surface area contributed by atoms with Gasteiger partial charge in [0.25, 0.3) is 0 Å². The molecule has 122 valence electrons. The molecule has 1 aromatic rings. The van der Waals surface area contributed by atoms with Crippen LogP contribution in [0.25, 0.3) is 0 Å². The van der Waals surface area contributed by atoms with Crippen molar-refractivity contribution in [2.75, 3.05) is 13.7 Å². The molecule has 2 radical (unpaired) electrons. The fraction of sp³-hybridized carbons (Fsp3) is 0.474. The lowest BCUT2D eigenvalue weighted by atomic mass is 9.99. The van der Waals surface area contributed by atoms with E-state index in [0.717, 1.165) is 18.0 Å². The number of ether oxygens (including phenoxy) is 1. The first-order chi connectivity index (χ1) is 10.9. The summed E-state index contributed by atoms with van der Waals surface area (Å²) in [4.78, 5) is 8.77. The lowest BCUT2D eigenvalue weighted by Gasteiger charge is -2.18. The summed E-state index contributed by atoms with van der Waals surface area (Å²) < 4.78 is 5.87. The molecule has 0 spiro atoms. The second-order valence-electron chi connectivity index (χ2n) is 6.79. The molecule has 0 fully saturated rings. The summed E-state index contributed by atoms with van der Waals surface area (Å²) in [7, 11) is 1.98. The van der Waals surface area contributed by atoms with Crippen molar-refractivity contribution in [1.29, 1.82) is 0 Å². The van der Waals surface area contributed by atoms with Crippen LogP contribution in [0.5, 0.6) is 0 Å². The molecule has 0 unspecified atom stereocenters. The molecule has 23 heavy (non-hydrogen) atoms. The third-order valence-corrected chi connectivity index (χ3v) is 4.45. The van der Waals surface area contributed by atoms with E-state index < -0.39 is 0 Å². The summed E-state index contributed by atoms with van der Waals surface area (Å²) in [6.07, 6.45) is 4.04. The van der Waals surface area contributed by atoms with Crippen LogP contribution in [0.3, 0.4) is 0 Å². The van der Waals surface area contributed by atoms with E-state index in [1.165, 1.54) is 16.7 Å². The van der Waals surface area contributed by atoms with E-state index in [4.69, 9.17) is 9.73 Å². The summed E-state index contributed by atoms with van der Waals surface area (Å²) in [6, 6.07) is 4.72. The highest BCUT2D eigenvalue weighted by Crippen LogP contribution is 2.24. The molecule has 0 saturated carbocycles. The maximum absolute atomic E-state index is 5.87. The maximum atomic E-state index is 5.87. The molecule has 1 atom stereocenters. The molecule has 0 amide bonds. The second kappa shape index (κ2) is 6.26. The van der Waals surface area contributed by atoms with Crippen LogP contribution in [0.15, 0.2) is 29.5 Å². The number of aliphatic imine (C=N–C) groups is 1.